The zero-order valence-electron chi connectivity index (χ0n) is 15.1. The van der Waals surface area contributed by atoms with Gasteiger partial charge in [-0.15, -0.1) is 0 Å². The van der Waals surface area contributed by atoms with Gasteiger partial charge in [-0.2, -0.15) is 0 Å². The quantitative estimate of drug-likeness (QED) is 0.506. The molecule has 0 aliphatic heterocycles. The van der Waals surface area contributed by atoms with E-state index in [9.17, 15) is 9.59 Å². The van der Waals surface area contributed by atoms with Gasteiger partial charge in [-0.3, -0.25) is 9.59 Å². The van der Waals surface area contributed by atoms with E-state index in [0.717, 1.165) is 12.8 Å². The highest BCUT2D eigenvalue weighted by atomic mass is 16.2. The van der Waals surface area contributed by atoms with Crippen LogP contribution in [0.4, 0.5) is 0 Å². The molecule has 0 heterocycles. The number of unbranched alkanes of at least 4 members (excludes halogenated alkanes) is 9. The monoisotopic (exact) mass is 312 g/mol. The Hall–Kier alpha value is -1.06. The molecule has 0 saturated carbocycles. The van der Waals surface area contributed by atoms with E-state index in [1.807, 2.05) is 0 Å². The average Bonchev–Trinajstić information content (AvgIpc) is 2.43. The number of carbonyl (C=O) groups excluding carboxylic acids is 2. The van der Waals surface area contributed by atoms with Gasteiger partial charge in [-0.25, -0.2) is 0 Å². The van der Waals surface area contributed by atoms with E-state index in [1.54, 1.807) is 13.8 Å². The molecule has 0 bridgehead atoms. The number of nitrogens with one attached hydrogen (secondary N) is 2. The molecule has 4 nitrogen and oxygen atoms in total. The third-order valence-electron chi connectivity index (χ3n) is 3.87. The Morgan fingerprint density at radius 2 is 1.27 bits per heavy atom. The molecular formula is C18H36N2O2. The van der Waals surface area contributed by atoms with Crippen molar-refractivity contribution in [3.8, 4) is 0 Å². The fraction of sp³-hybridized carbons (Fsp3) is 0.889. The standard InChI is InChI=1S/C18H36N2O2/c1-5-6-7-8-9-10-11-12-13-14-15-19-17(22)18(3,4)20-16(2)21/h5-15H2,1-4H3,(H,19,22)(H,20,21). The van der Waals surface area contributed by atoms with Crippen molar-refractivity contribution in [1.29, 1.82) is 0 Å². The smallest absolute Gasteiger partial charge is 0.245 e. The number of hydrogen-bond acceptors (Lipinski definition) is 2. The summed E-state index contributed by atoms with van der Waals surface area (Å²) in [4.78, 5) is 23.0. The Morgan fingerprint density at radius 3 is 1.73 bits per heavy atom. The van der Waals surface area contributed by atoms with Crippen molar-refractivity contribution in [2.75, 3.05) is 6.54 Å². The van der Waals surface area contributed by atoms with Gasteiger partial charge in [-0.05, 0) is 20.3 Å². The lowest BCUT2D eigenvalue weighted by molar-refractivity contribution is -0.131. The summed E-state index contributed by atoms with van der Waals surface area (Å²) in [6.45, 7) is 7.82. The van der Waals surface area contributed by atoms with E-state index >= 15 is 0 Å². The van der Waals surface area contributed by atoms with Crippen molar-refractivity contribution < 1.29 is 9.59 Å². The van der Waals surface area contributed by atoms with Crippen molar-refractivity contribution in [3.05, 3.63) is 0 Å². The van der Waals surface area contributed by atoms with E-state index < -0.39 is 5.54 Å². The maximum atomic E-state index is 11.9. The molecule has 22 heavy (non-hydrogen) atoms. The third kappa shape index (κ3) is 11.6. The molecule has 0 rings (SSSR count). The van der Waals surface area contributed by atoms with Gasteiger partial charge in [-0.1, -0.05) is 64.7 Å². The number of amides is 2. The third-order valence-corrected chi connectivity index (χ3v) is 3.87. The maximum absolute atomic E-state index is 11.9. The fourth-order valence-corrected chi connectivity index (χ4v) is 2.53. The Balaban J connectivity index is 3.46. The van der Waals surface area contributed by atoms with Crippen molar-refractivity contribution in [2.45, 2.75) is 97.4 Å². The first-order valence-electron chi connectivity index (χ1n) is 8.97. The van der Waals surface area contributed by atoms with Crippen LogP contribution in [-0.2, 0) is 9.59 Å². The van der Waals surface area contributed by atoms with E-state index in [2.05, 4.69) is 17.6 Å². The molecule has 2 amide bonds. The molecule has 0 atom stereocenters. The first-order valence-corrected chi connectivity index (χ1v) is 8.97. The largest absolute Gasteiger partial charge is 0.354 e. The Bertz CT molecular complexity index is 314. The van der Waals surface area contributed by atoms with Crippen LogP contribution >= 0.6 is 0 Å². The molecule has 0 aromatic carbocycles. The van der Waals surface area contributed by atoms with Crippen molar-refractivity contribution in [3.63, 3.8) is 0 Å². The summed E-state index contributed by atoms with van der Waals surface area (Å²) < 4.78 is 0. The highest BCUT2D eigenvalue weighted by molar-refractivity contribution is 5.89. The topological polar surface area (TPSA) is 58.2 Å². The minimum absolute atomic E-state index is 0.112. The van der Waals surface area contributed by atoms with Gasteiger partial charge in [0.05, 0.1) is 0 Å². The van der Waals surface area contributed by atoms with Gasteiger partial charge in [0, 0.05) is 13.5 Å². The minimum Gasteiger partial charge on any atom is -0.354 e. The van der Waals surface area contributed by atoms with Crippen LogP contribution in [-0.4, -0.2) is 23.9 Å². The van der Waals surface area contributed by atoms with Gasteiger partial charge in [0.25, 0.3) is 0 Å². The lowest BCUT2D eigenvalue weighted by Gasteiger charge is -2.24. The second kappa shape index (κ2) is 12.5. The molecule has 0 aliphatic carbocycles. The average molecular weight is 312 g/mol. The van der Waals surface area contributed by atoms with Crippen LogP contribution in [0.5, 0.6) is 0 Å². The van der Waals surface area contributed by atoms with E-state index in [-0.39, 0.29) is 11.8 Å². The lowest BCUT2D eigenvalue weighted by atomic mass is 10.0. The summed E-state index contributed by atoms with van der Waals surface area (Å²) >= 11 is 0. The maximum Gasteiger partial charge on any atom is 0.245 e. The van der Waals surface area contributed by atoms with E-state index in [0.29, 0.717) is 6.54 Å². The molecule has 0 fully saturated rings. The Morgan fingerprint density at radius 1 is 0.818 bits per heavy atom. The van der Waals surface area contributed by atoms with Gasteiger partial charge in [0.1, 0.15) is 5.54 Å². The molecule has 130 valence electrons. The number of rotatable bonds is 13. The van der Waals surface area contributed by atoms with Gasteiger partial charge < -0.3 is 10.6 Å². The highest BCUT2D eigenvalue weighted by Crippen LogP contribution is 2.10. The Kier molecular flexibility index (Phi) is 11.9. The second-order valence-corrected chi connectivity index (χ2v) is 6.74. The second-order valence-electron chi connectivity index (χ2n) is 6.74. The summed E-state index contributed by atoms with van der Waals surface area (Å²) in [6.07, 6.45) is 12.9. The highest BCUT2D eigenvalue weighted by Gasteiger charge is 2.27. The number of carbonyl (C=O) groups is 2. The van der Waals surface area contributed by atoms with Crippen molar-refractivity contribution in [2.24, 2.45) is 0 Å². The molecule has 2 N–H and O–H groups in total. The molecule has 0 radical (unpaired) electrons. The molecule has 0 aliphatic rings. The van der Waals surface area contributed by atoms with Crippen LogP contribution in [0.15, 0.2) is 0 Å². The predicted octanol–water partition coefficient (Wildman–Crippen LogP) is 3.94. The first kappa shape index (κ1) is 20.9. The molecule has 0 aromatic heterocycles. The van der Waals surface area contributed by atoms with Gasteiger partial charge in [0.15, 0.2) is 0 Å². The summed E-state index contributed by atoms with van der Waals surface area (Å²) in [6, 6.07) is 0. The van der Waals surface area contributed by atoms with Crippen molar-refractivity contribution >= 4 is 11.8 Å². The van der Waals surface area contributed by atoms with Crippen LogP contribution in [0.2, 0.25) is 0 Å². The predicted molar refractivity (Wildman–Crippen MR) is 92.7 cm³/mol. The van der Waals surface area contributed by atoms with Gasteiger partial charge >= 0.3 is 0 Å². The van der Waals surface area contributed by atoms with E-state index in [4.69, 9.17) is 0 Å². The van der Waals surface area contributed by atoms with E-state index in [1.165, 1.54) is 58.3 Å². The van der Waals surface area contributed by atoms with Crippen LogP contribution in [0.25, 0.3) is 0 Å². The summed E-state index contributed by atoms with van der Waals surface area (Å²) in [5, 5.41) is 5.56. The zero-order valence-corrected chi connectivity index (χ0v) is 15.1. The van der Waals surface area contributed by atoms with Gasteiger partial charge in [0.2, 0.25) is 11.8 Å². The Labute approximate surface area is 136 Å². The van der Waals surface area contributed by atoms with Crippen molar-refractivity contribution in [1.82, 2.24) is 10.6 Å². The molecule has 0 spiro atoms. The summed E-state index contributed by atoms with van der Waals surface area (Å²) in [5.74, 6) is -0.294. The fourth-order valence-electron chi connectivity index (χ4n) is 2.53. The molecule has 4 heteroatoms. The van der Waals surface area contributed by atoms with Crippen LogP contribution in [0.3, 0.4) is 0 Å². The van der Waals surface area contributed by atoms with Crippen LogP contribution < -0.4 is 10.6 Å². The normalized spacial score (nSPS) is 11.3. The number of hydrogen-bond donors (Lipinski definition) is 2. The minimum atomic E-state index is -0.829. The molecular weight excluding hydrogens is 276 g/mol. The van der Waals surface area contributed by atoms with Crippen LogP contribution in [0.1, 0.15) is 91.9 Å². The summed E-state index contributed by atoms with van der Waals surface area (Å²) in [7, 11) is 0. The molecule has 0 aromatic rings. The first-order chi connectivity index (χ1) is 10.4. The lowest BCUT2D eigenvalue weighted by Crippen LogP contribution is -2.54. The van der Waals surface area contributed by atoms with Crippen LogP contribution in [0, 0.1) is 0 Å². The molecule has 0 unspecified atom stereocenters. The molecule has 0 saturated heterocycles. The zero-order chi connectivity index (χ0) is 16.8. The summed E-state index contributed by atoms with van der Waals surface area (Å²) in [5.41, 5.74) is -0.829. The SMILES string of the molecule is CCCCCCCCCCCCNC(=O)C(C)(C)NC(C)=O.